The molecule has 0 aromatic rings. The first-order valence-electron chi connectivity index (χ1n) is 15.4. The van der Waals surface area contributed by atoms with E-state index in [-0.39, 0.29) is 0 Å². The molecule has 0 saturated heterocycles. The van der Waals surface area contributed by atoms with Crippen LogP contribution in [0.5, 0.6) is 0 Å². The molecule has 196 valence electrons. The van der Waals surface area contributed by atoms with E-state index in [0.717, 1.165) is 0 Å². The van der Waals surface area contributed by atoms with Crippen LogP contribution in [-0.2, 0) is 12.4 Å². The number of hydrogen-bond acceptors (Lipinski definition) is 0. The van der Waals surface area contributed by atoms with Crippen molar-refractivity contribution in [3.63, 3.8) is 0 Å². The molecule has 0 amide bonds. The molecule has 0 aliphatic heterocycles. The Morgan fingerprint density at radius 3 is 0.719 bits per heavy atom. The van der Waals surface area contributed by atoms with Crippen LogP contribution in [0.1, 0.15) is 175 Å². The van der Waals surface area contributed by atoms with E-state index in [1.165, 1.54) is 116 Å². The molecule has 32 heavy (non-hydrogen) atoms. The Balaban J connectivity index is 4.04. The van der Waals surface area contributed by atoms with Gasteiger partial charge in [-0.15, -0.1) is 0 Å². The van der Waals surface area contributed by atoms with Crippen LogP contribution in [0.4, 0.5) is 0 Å². The van der Waals surface area contributed by atoms with Crippen molar-refractivity contribution < 1.29 is 12.4 Å². The van der Waals surface area contributed by atoms with Crippen LogP contribution in [0.3, 0.4) is 0 Å². The summed E-state index contributed by atoms with van der Waals surface area (Å²) in [6.45, 7) is 6.98. The molecule has 0 radical (unpaired) electrons. The summed E-state index contributed by atoms with van der Waals surface area (Å²) in [5.41, 5.74) is 0. The third-order valence-corrected chi connectivity index (χ3v) is 18.5. The van der Waals surface area contributed by atoms with Crippen molar-refractivity contribution >= 4 is 8.80 Å². The summed E-state index contributed by atoms with van der Waals surface area (Å²) in [5.74, 6) is 0. The molecular weight excluding hydrogens is 440 g/mol. The number of unbranched alkanes of at least 4 members (excludes halogenated alkanes) is 21. The molecule has 0 aromatic carbocycles. The molecule has 0 atom stereocenters. The molecule has 0 unspecified atom stereocenters. The second kappa shape index (κ2) is 26.4. The van der Waals surface area contributed by atoms with Crippen LogP contribution in [0, 0.1) is 0 Å². The van der Waals surface area contributed by atoms with Gasteiger partial charge in [0.1, 0.15) is 0 Å². The minimum atomic E-state index is -1.06. The SMILES string of the molecule is CCCCCCCCC[CH2][Cr]([SiH3])([CH2]CCCCCCCCC)[CH2]CCCCCCCCC. The summed E-state index contributed by atoms with van der Waals surface area (Å²) in [6.07, 6.45) is 35.9. The van der Waals surface area contributed by atoms with Crippen LogP contribution >= 0.6 is 0 Å². The first-order valence-corrected chi connectivity index (χ1v) is 22.7. The third kappa shape index (κ3) is 23.9. The Hall–Kier alpha value is 0.749. The first-order chi connectivity index (χ1) is 15.7. The van der Waals surface area contributed by atoms with Gasteiger partial charge in [-0.25, -0.2) is 0 Å². The Labute approximate surface area is 211 Å². The standard InChI is InChI=1S/3C10H21.Cr.H3Si/c3*1-3-5-7-9-10-8-6-4-2;;/h3*1,3-10H2,2H3;;1H3. The number of hydrogen-bond donors (Lipinski definition) is 0. The molecule has 0 saturated carbocycles. The molecule has 0 spiro atoms. The van der Waals surface area contributed by atoms with Gasteiger partial charge in [0.15, 0.2) is 0 Å². The van der Waals surface area contributed by atoms with Gasteiger partial charge in [-0.05, 0) is 0 Å². The summed E-state index contributed by atoms with van der Waals surface area (Å²) in [5, 5.41) is 5.14. The zero-order valence-electron chi connectivity index (χ0n) is 23.5. The van der Waals surface area contributed by atoms with Crippen molar-refractivity contribution in [1.82, 2.24) is 0 Å². The van der Waals surface area contributed by atoms with Gasteiger partial charge in [0.2, 0.25) is 0 Å². The maximum absolute atomic E-state index is 2.33. The summed E-state index contributed by atoms with van der Waals surface area (Å²) in [7, 11) is 1.59. The fraction of sp³-hybridized carbons (Fsp3) is 1.00. The first kappa shape index (κ1) is 32.7. The number of rotatable bonds is 27. The summed E-state index contributed by atoms with van der Waals surface area (Å²) in [4.78, 5) is 0. The second-order valence-electron chi connectivity index (χ2n) is 11.0. The minimum absolute atomic E-state index is 1.06. The van der Waals surface area contributed by atoms with E-state index < -0.39 is 12.4 Å². The zero-order valence-corrected chi connectivity index (χ0v) is 26.8. The molecule has 0 N–H and O–H groups in total. The summed E-state index contributed by atoms with van der Waals surface area (Å²) >= 11 is -1.06. The molecule has 0 rings (SSSR count). The van der Waals surface area contributed by atoms with Crippen LogP contribution in [0.25, 0.3) is 0 Å². The quantitative estimate of drug-likeness (QED) is 0.0767. The van der Waals surface area contributed by atoms with E-state index in [2.05, 4.69) is 20.8 Å². The van der Waals surface area contributed by atoms with Gasteiger partial charge in [0.05, 0.1) is 0 Å². The Kier molecular flexibility index (Phi) is 27.0. The van der Waals surface area contributed by atoms with Gasteiger partial charge in [0.25, 0.3) is 0 Å². The predicted octanol–water partition coefficient (Wildman–Crippen LogP) is 11.1. The van der Waals surface area contributed by atoms with Crippen molar-refractivity contribution in [3.05, 3.63) is 0 Å². The van der Waals surface area contributed by atoms with Gasteiger partial charge in [-0.2, -0.15) is 0 Å². The molecular formula is C30H66CrSi. The van der Waals surface area contributed by atoms with Crippen LogP contribution in [0.15, 0.2) is 0 Å². The monoisotopic (exact) mass is 506 g/mol. The normalized spacial score (nSPS) is 12.6. The van der Waals surface area contributed by atoms with Gasteiger partial charge in [0, 0.05) is 0 Å². The van der Waals surface area contributed by atoms with E-state index in [9.17, 15) is 0 Å². The molecule has 0 aliphatic rings. The van der Waals surface area contributed by atoms with E-state index in [4.69, 9.17) is 0 Å². The van der Waals surface area contributed by atoms with E-state index in [1.807, 2.05) is 0 Å². The van der Waals surface area contributed by atoms with Crippen molar-refractivity contribution in [2.75, 3.05) is 0 Å². The van der Waals surface area contributed by atoms with E-state index >= 15 is 0 Å². The van der Waals surface area contributed by atoms with Gasteiger partial charge in [-0.1, -0.05) is 0 Å². The summed E-state index contributed by atoms with van der Waals surface area (Å²) in [6, 6.07) is 0. The molecule has 0 aromatic heterocycles. The van der Waals surface area contributed by atoms with Crippen molar-refractivity contribution in [2.24, 2.45) is 0 Å². The van der Waals surface area contributed by atoms with Gasteiger partial charge >= 0.3 is 212 Å². The second-order valence-corrected chi connectivity index (χ2v) is 24.7. The molecule has 0 nitrogen and oxygen atoms in total. The van der Waals surface area contributed by atoms with Crippen molar-refractivity contribution in [3.8, 4) is 0 Å². The van der Waals surface area contributed by atoms with Crippen LogP contribution in [-0.4, -0.2) is 8.80 Å². The zero-order chi connectivity index (χ0) is 23.6. The van der Waals surface area contributed by atoms with Gasteiger partial charge in [-0.3, -0.25) is 0 Å². The van der Waals surface area contributed by atoms with E-state index in [0.29, 0.717) is 0 Å². The van der Waals surface area contributed by atoms with Crippen LogP contribution < -0.4 is 0 Å². The molecule has 0 bridgehead atoms. The Morgan fingerprint density at radius 2 is 0.500 bits per heavy atom. The third-order valence-electron chi connectivity index (χ3n) is 7.47. The predicted molar refractivity (Wildman–Crippen MR) is 152 cm³/mol. The molecule has 0 heterocycles. The van der Waals surface area contributed by atoms with Crippen molar-refractivity contribution in [2.45, 2.75) is 191 Å². The van der Waals surface area contributed by atoms with Crippen LogP contribution in [0.2, 0.25) is 15.8 Å². The fourth-order valence-corrected chi connectivity index (χ4v) is 13.8. The molecule has 0 aliphatic carbocycles. The average Bonchev–Trinajstić information content (AvgIpc) is 2.79. The molecule has 2 heteroatoms. The Morgan fingerprint density at radius 1 is 0.312 bits per heavy atom. The fourth-order valence-electron chi connectivity index (χ4n) is 5.06. The summed E-state index contributed by atoms with van der Waals surface area (Å²) < 4.78 is 0. The maximum atomic E-state index is 2.33. The average molecular weight is 507 g/mol. The van der Waals surface area contributed by atoms with Crippen molar-refractivity contribution in [1.29, 1.82) is 0 Å². The van der Waals surface area contributed by atoms with Gasteiger partial charge < -0.3 is 0 Å². The topological polar surface area (TPSA) is 0 Å². The Bertz CT molecular complexity index is 293. The van der Waals surface area contributed by atoms with E-state index in [1.54, 1.807) is 63.2 Å². The molecule has 0 fully saturated rings.